The number of carbonyl (C=O) groups excluding carboxylic acids is 1. The lowest BCUT2D eigenvalue weighted by Crippen LogP contribution is -2.48. The molecule has 1 aliphatic heterocycles. The Morgan fingerprint density at radius 2 is 1.62 bits per heavy atom. The summed E-state index contributed by atoms with van der Waals surface area (Å²) in [4.78, 5) is 17.0. The third-order valence-electron chi connectivity index (χ3n) is 6.46. The predicted molar refractivity (Wildman–Crippen MR) is 128 cm³/mol. The Bertz CT molecular complexity index is 1330. The minimum atomic E-state index is 0.0345. The number of hydrogen-bond acceptors (Lipinski definition) is 7. The van der Waals surface area contributed by atoms with Crippen molar-refractivity contribution >= 4 is 27.7 Å². The van der Waals surface area contributed by atoms with Crippen LogP contribution in [-0.4, -0.2) is 80.7 Å². The van der Waals surface area contributed by atoms with Crippen molar-refractivity contribution in [2.75, 3.05) is 39.8 Å². The van der Waals surface area contributed by atoms with E-state index in [1.807, 2.05) is 17.0 Å². The zero-order chi connectivity index (χ0) is 23.7. The van der Waals surface area contributed by atoms with Gasteiger partial charge in [0.1, 0.15) is 11.3 Å². The highest BCUT2D eigenvalue weighted by Crippen LogP contribution is 2.40. The summed E-state index contributed by atoms with van der Waals surface area (Å²) in [5.41, 5.74) is 1.43. The van der Waals surface area contributed by atoms with Crippen LogP contribution in [0.15, 0.2) is 48.5 Å². The van der Waals surface area contributed by atoms with Crippen molar-refractivity contribution in [2.24, 2.45) is 0 Å². The number of hydrogen-bond donors (Lipinski definition) is 2. The van der Waals surface area contributed by atoms with E-state index in [0.717, 1.165) is 31.8 Å². The molecule has 5 rings (SSSR count). The van der Waals surface area contributed by atoms with Gasteiger partial charge in [0, 0.05) is 55.6 Å². The number of aromatic nitrogens is 3. The number of benzene rings is 3. The molecule has 0 atom stereocenters. The van der Waals surface area contributed by atoms with Crippen LogP contribution >= 0.6 is 0 Å². The lowest BCUT2D eigenvalue weighted by molar-refractivity contribution is 0.0634. The maximum Gasteiger partial charge on any atom is 0.253 e. The average molecular weight is 462 g/mol. The molecule has 3 aromatic carbocycles. The molecule has 9 nitrogen and oxygen atoms in total. The number of rotatable bonds is 6. The first kappa shape index (κ1) is 22.0. The van der Waals surface area contributed by atoms with E-state index in [-0.39, 0.29) is 17.4 Å². The molecule has 0 radical (unpaired) electrons. The first-order chi connectivity index (χ1) is 16.6. The van der Waals surface area contributed by atoms with Crippen LogP contribution in [0.2, 0.25) is 0 Å². The van der Waals surface area contributed by atoms with E-state index in [9.17, 15) is 15.0 Å². The number of methoxy groups -OCH3 is 1. The van der Waals surface area contributed by atoms with Crippen molar-refractivity contribution in [3.8, 4) is 17.2 Å². The Balaban J connectivity index is 1.18. The van der Waals surface area contributed by atoms with Crippen LogP contribution in [0, 0.1) is 0 Å². The number of fused-ring (bicyclic) bond motifs is 2. The molecule has 1 saturated heterocycles. The first-order valence-corrected chi connectivity index (χ1v) is 11.4. The van der Waals surface area contributed by atoms with Crippen LogP contribution in [0.3, 0.4) is 0 Å². The van der Waals surface area contributed by atoms with Gasteiger partial charge in [-0.1, -0.05) is 29.5 Å². The van der Waals surface area contributed by atoms with Crippen LogP contribution in [0.1, 0.15) is 16.8 Å². The Morgan fingerprint density at radius 3 is 2.29 bits per heavy atom. The van der Waals surface area contributed by atoms with Gasteiger partial charge >= 0.3 is 0 Å². The molecule has 1 amide bonds. The molecule has 0 aliphatic carbocycles. The zero-order valence-electron chi connectivity index (χ0n) is 19.0. The Kier molecular flexibility index (Phi) is 5.93. The van der Waals surface area contributed by atoms with Gasteiger partial charge in [-0.3, -0.25) is 9.69 Å². The Labute approximate surface area is 196 Å². The van der Waals surface area contributed by atoms with Crippen LogP contribution < -0.4 is 4.74 Å². The van der Waals surface area contributed by atoms with E-state index in [1.165, 1.54) is 0 Å². The molecule has 34 heavy (non-hydrogen) atoms. The van der Waals surface area contributed by atoms with Crippen molar-refractivity contribution in [3.63, 3.8) is 0 Å². The van der Waals surface area contributed by atoms with E-state index in [2.05, 4.69) is 15.2 Å². The van der Waals surface area contributed by atoms with Crippen molar-refractivity contribution in [1.82, 2.24) is 24.8 Å². The van der Waals surface area contributed by atoms with E-state index in [0.29, 0.717) is 47.0 Å². The van der Waals surface area contributed by atoms with Gasteiger partial charge in [0.25, 0.3) is 5.91 Å². The third-order valence-corrected chi connectivity index (χ3v) is 6.46. The number of nitrogens with zero attached hydrogens (tertiary/aromatic N) is 5. The number of phenols is 2. The Hall–Kier alpha value is -3.85. The van der Waals surface area contributed by atoms with E-state index in [1.54, 1.807) is 48.2 Å². The number of ether oxygens (including phenoxy) is 1. The molecule has 2 N–H and O–H groups in total. The smallest absolute Gasteiger partial charge is 0.253 e. The van der Waals surface area contributed by atoms with Gasteiger partial charge in [0.2, 0.25) is 0 Å². The van der Waals surface area contributed by atoms with Crippen molar-refractivity contribution in [2.45, 2.75) is 13.0 Å². The van der Waals surface area contributed by atoms with Crippen LogP contribution in [-0.2, 0) is 6.54 Å². The SMILES string of the molecule is COc1ccc(C(=O)N2CCN(CCCn3nnc4c(O)c5ccccc5c(O)c43)CC2)cc1. The summed E-state index contributed by atoms with van der Waals surface area (Å²) in [7, 11) is 1.61. The molecule has 176 valence electrons. The Morgan fingerprint density at radius 1 is 0.941 bits per heavy atom. The number of aromatic hydroxyl groups is 2. The second-order valence-electron chi connectivity index (χ2n) is 8.47. The molecular formula is C25H27N5O4. The summed E-state index contributed by atoms with van der Waals surface area (Å²) < 4.78 is 6.81. The fourth-order valence-corrected chi connectivity index (χ4v) is 4.55. The van der Waals surface area contributed by atoms with Crippen molar-refractivity contribution < 1.29 is 19.7 Å². The molecule has 9 heteroatoms. The fraction of sp³-hybridized carbons (Fsp3) is 0.320. The number of carbonyl (C=O) groups is 1. The topological polar surface area (TPSA) is 104 Å². The minimum absolute atomic E-state index is 0.0345. The molecule has 4 aromatic rings. The molecule has 1 aromatic heterocycles. The summed E-state index contributed by atoms with van der Waals surface area (Å²) >= 11 is 0. The molecule has 2 heterocycles. The van der Waals surface area contributed by atoms with Crippen molar-refractivity contribution in [3.05, 3.63) is 54.1 Å². The van der Waals surface area contributed by atoms with Gasteiger partial charge in [-0.15, -0.1) is 5.10 Å². The largest absolute Gasteiger partial charge is 0.505 e. The maximum absolute atomic E-state index is 12.8. The summed E-state index contributed by atoms with van der Waals surface area (Å²) in [5, 5.41) is 30.8. The van der Waals surface area contributed by atoms with Gasteiger partial charge < -0.3 is 19.8 Å². The predicted octanol–water partition coefficient (Wildman–Crippen LogP) is 2.85. The monoisotopic (exact) mass is 461 g/mol. The summed E-state index contributed by atoms with van der Waals surface area (Å²) in [5.74, 6) is 0.892. The summed E-state index contributed by atoms with van der Waals surface area (Å²) in [6.07, 6.45) is 0.803. The lowest BCUT2D eigenvalue weighted by atomic mass is 10.1. The number of piperazine rings is 1. The minimum Gasteiger partial charge on any atom is -0.505 e. The molecule has 1 fully saturated rings. The van der Waals surface area contributed by atoms with Gasteiger partial charge in [-0.05, 0) is 30.7 Å². The van der Waals surface area contributed by atoms with E-state index < -0.39 is 0 Å². The second kappa shape index (κ2) is 9.18. The lowest BCUT2D eigenvalue weighted by Gasteiger charge is -2.34. The summed E-state index contributed by atoms with van der Waals surface area (Å²) in [6, 6.07) is 14.4. The molecule has 0 spiro atoms. The third kappa shape index (κ3) is 3.99. The van der Waals surface area contributed by atoms with Crippen LogP contribution in [0.4, 0.5) is 0 Å². The summed E-state index contributed by atoms with van der Waals surface area (Å²) in [6.45, 7) is 4.36. The highest BCUT2D eigenvalue weighted by molar-refractivity contribution is 6.07. The van der Waals surface area contributed by atoms with Gasteiger partial charge in [-0.25, -0.2) is 4.68 Å². The molecule has 0 bridgehead atoms. The molecular weight excluding hydrogens is 434 g/mol. The number of amides is 1. The number of aryl methyl sites for hydroxylation is 1. The number of phenolic OH excluding ortho intramolecular Hbond substituents is 2. The highest BCUT2D eigenvalue weighted by Gasteiger charge is 2.23. The standard InChI is InChI=1S/C25H27N5O4/c1-34-18-9-7-17(8-10-18)25(33)29-15-13-28(14-16-29)11-4-12-30-22-21(26-27-30)23(31)19-5-2-3-6-20(19)24(22)32/h2-3,5-10,31-32H,4,11-16H2,1H3. The van der Waals surface area contributed by atoms with Crippen molar-refractivity contribution in [1.29, 1.82) is 0 Å². The van der Waals surface area contributed by atoms with Crippen LogP contribution in [0.5, 0.6) is 17.2 Å². The maximum atomic E-state index is 12.8. The second-order valence-corrected chi connectivity index (χ2v) is 8.47. The highest BCUT2D eigenvalue weighted by atomic mass is 16.5. The zero-order valence-corrected chi connectivity index (χ0v) is 19.0. The average Bonchev–Trinajstić information content (AvgIpc) is 3.32. The van der Waals surface area contributed by atoms with E-state index >= 15 is 0 Å². The molecule has 0 unspecified atom stereocenters. The quantitative estimate of drug-likeness (QED) is 0.426. The van der Waals surface area contributed by atoms with Gasteiger partial charge in [-0.2, -0.15) is 0 Å². The normalized spacial score (nSPS) is 14.7. The molecule has 0 saturated carbocycles. The van der Waals surface area contributed by atoms with Gasteiger partial charge in [0.05, 0.1) is 7.11 Å². The van der Waals surface area contributed by atoms with Gasteiger partial charge in [0.15, 0.2) is 17.0 Å². The van der Waals surface area contributed by atoms with E-state index in [4.69, 9.17) is 4.74 Å². The first-order valence-electron chi connectivity index (χ1n) is 11.4. The van der Waals surface area contributed by atoms with Crippen LogP contribution in [0.25, 0.3) is 21.8 Å². The molecule has 1 aliphatic rings. The fourth-order valence-electron chi connectivity index (χ4n) is 4.55.